The number of hydrogen-bond acceptors (Lipinski definition) is 4. The number of methoxy groups -OCH3 is 1. The Labute approximate surface area is 154 Å². The van der Waals surface area contributed by atoms with Crippen LogP contribution < -0.4 is 15.4 Å². The Morgan fingerprint density at radius 3 is 2.42 bits per heavy atom. The van der Waals surface area contributed by atoms with Crippen molar-refractivity contribution in [2.45, 2.75) is 32.7 Å². The molecule has 2 N–H and O–H groups in total. The zero-order chi connectivity index (χ0) is 18.8. The molecule has 0 atom stereocenters. The largest absolute Gasteiger partial charge is 0.496 e. The molecule has 0 fully saturated rings. The Bertz CT molecular complexity index is 747. The lowest BCUT2D eigenvalue weighted by atomic mass is 10.1. The summed E-state index contributed by atoms with van der Waals surface area (Å²) in [6.45, 7) is 3.06. The number of hydrogen-bond donors (Lipinski definition) is 2. The van der Waals surface area contributed by atoms with E-state index in [1.165, 1.54) is 12.4 Å². The maximum Gasteiger partial charge on any atom is 0.253 e. The minimum atomic E-state index is -0.288. The molecule has 1 aromatic carbocycles. The lowest BCUT2D eigenvalue weighted by molar-refractivity contribution is 0.0950. The van der Waals surface area contributed by atoms with Crippen molar-refractivity contribution in [1.29, 1.82) is 0 Å². The zero-order valence-corrected chi connectivity index (χ0v) is 15.2. The molecule has 0 aliphatic heterocycles. The van der Waals surface area contributed by atoms with Gasteiger partial charge in [0, 0.05) is 31.0 Å². The Balaban J connectivity index is 1.96. The number of benzene rings is 1. The molecule has 26 heavy (non-hydrogen) atoms. The molecule has 0 saturated heterocycles. The van der Waals surface area contributed by atoms with Crippen molar-refractivity contribution in [3.63, 3.8) is 0 Å². The van der Waals surface area contributed by atoms with Gasteiger partial charge in [-0.15, -0.1) is 0 Å². The van der Waals surface area contributed by atoms with Crippen molar-refractivity contribution in [3.05, 3.63) is 59.4 Å². The lowest BCUT2D eigenvalue weighted by Gasteiger charge is -2.10. The van der Waals surface area contributed by atoms with Crippen LogP contribution in [0.1, 0.15) is 52.5 Å². The third-order valence-electron chi connectivity index (χ3n) is 3.96. The molecular weight excluding hydrogens is 330 g/mol. The Kier molecular flexibility index (Phi) is 7.61. The number of nitrogens with zero attached hydrogens (tertiary/aromatic N) is 1. The van der Waals surface area contributed by atoms with Crippen LogP contribution in [0.25, 0.3) is 0 Å². The summed E-state index contributed by atoms with van der Waals surface area (Å²) >= 11 is 0. The first-order valence-electron chi connectivity index (χ1n) is 8.79. The lowest BCUT2D eigenvalue weighted by Crippen LogP contribution is -2.26. The second-order valence-electron chi connectivity index (χ2n) is 5.92. The molecule has 1 heterocycles. The van der Waals surface area contributed by atoms with Crippen molar-refractivity contribution in [2.24, 2.45) is 0 Å². The Hall–Kier alpha value is -2.89. The van der Waals surface area contributed by atoms with Crippen molar-refractivity contribution in [3.8, 4) is 5.75 Å². The molecule has 0 unspecified atom stereocenters. The highest BCUT2D eigenvalue weighted by atomic mass is 16.5. The van der Waals surface area contributed by atoms with E-state index < -0.39 is 0 Å². The van der Waals surface area contributed by atoms with E-state index in [0.717, 1.165) is 24.8 Å². The van der Waals surface area contributed by atoms with Crippen molar-refractivity contribution >= 4 is 11.8 Å². The van der Waals surface area contributed by atoms with Crippen molar-refractivity contribution in [1.82, 2.24) is 15.6 Å². The molecule has 0 spiro atoms. The molecule has 0 bridgehead atoms. The summed E-state index contributed by atoms with van der Waals surface area (Å²) < 4.78 is 5.27. The molecule has 6 heteroatoms. The third-order valence-corrected chi connectivity index (χ3v) is 3.96. The van der Waals surface area contributed by atoms with Crippen molar-refractivity contribution in [2.75, 3.05) is 13.7 Å². The van der Waals surface area contributed by atoms with Gasteiger partial charge in [-0.25, -0.2) is 0 Å². The molecule has 2 amide bonds. The van der Waals surface area contributed by atoms with Crippen LogP contribution in [0.2, 0.25) is 0 Å². The molecule has 2 rings (SSSR count). The van der Waals surface area contributed by atoms with Crippen LogP contribution in [0.15, 0.2) is 42.7 Å². The van der Waals surface area contributed by atoms with Gasteiger partial charge in [-0.05, 0) is 18.6 Å². The second-order valence-corrected chi connectivity index (χ2v) is 5.92. The van der Waals surface area contributed by atoms with E-state index >= 15 is 0 Å². The number of amides is 2. The normalized spacial score (nSPS) is 10.2. The number of rotatable bonds is 9. The summed E-state index contributed by atoms with van der Waals surface area (Å²) in [7, 11) is 1.59. The Morgan fingerprint density at radius 1 is 1.04 bits per heavy atom. The molecular formula is C20H25N3O3. The summed E-state index contributed by atoms with van der Waals surface area (Å²) in [4.78, 5) is 28.5. The monoisotopic (exact) mass is 355 g/mol. The third kappa shape index (κ3) is 5.58. The molecule has 138 valence electrons. The van der Waals surface area contributed by atoms with Crippen molar-refractivity contribution < 1.29 is 14.3 Å². The van der Waals surface area contributed by atoms with Gasteiger partial charge in [0.2, 0.25) is 0 Å². The van der Waals surface area contributed by atoms with Crippen LogP contribution in [0.3, 0.4) is 0 Å². The van der Waals surface area contributed by atoms with Gasteiger partial charge in [0.15, 0.2) is 0 Å². The van der Waals surface area contributed by atoms with E-state index in [4.69, 9.17) is 4.74 Å². The van der Waals surface area contributed by atoms with E-state index in [-0.39, 0.29) is 11.8 Å². The van der Waals surface area contributed by atoms with E-state index in [9.17, 15) is 9.59 Å². The van der Waals surface area contributed by atoms with Gasteiger partial charge >= 0.3 is 0 Å². The number of aromatic nitrogens is 1. The fourth-order valence-electron chi connectivity index (χ4n) is 2.49. The number of pyridine rings is 1. The number of unbranched alkanes of at least 4 members (excludes halogenated alkanes) is 2. The van der Waals surface area contributed by atoms with Gasteiger partial charge in [-0.2, -0.15) is 0 Å². The van der Waals surface area contributed by atoms with E-state index in [2.05, 4.69) is 22.5 Å². The molecule has 6 nitrogen and oxygen atoms in total. The fourth-order valence-corrected chi connectivity index (χ4v) is 2.49. The number of para-hydroxylation sites is 1. The summed E-state index contributed by atoms with van der Waals surface area (Å²) in [6, 6.07) is 9.04. The van der Waals surface area contributed by atoms with Crippen LogP contribution >= 0.6 is 0 Å². The Morgan fingerprint density at radius 2 is 1.73 bits per heavy atom. The first kappa shape index (κ1) is 19.4. The fraction of sp³-hybridized carbons (Fsp3) is 0.350. The molecule has 2 aromatic rings. The quantitative estimate of drug-likeness (QED) is 0.678. The average molecular weight is 355 g/mol. The summed E-state index contributed by atoms with van der Waals surface area (Å²) in [5, 5.41) is 5.67. The van der Waals surface area contributed by atoms with Crippen LogP contribution in [0.5, 0.6) is 5.75 Å². The van der Waals surface area contributed by atoms with Crippen LogP contribution in [-0.4, -0.2) is 30.5 Å². The first-order valence-corrected chi connectivity index (χ1v) is 8.79. The predicted octanol–water partition coefficient (Wildman–Crippen LogP) is 2.94. The van der Waals surface area contributed by atoms with Gasteiger partial charge in [-0.3, -0.25) is 14.6 Å². The van der Waals surface area contributed by atoms with Gasteiger partial charge in [0.1, 0.15) is 5.75 Å². The highest BCUT2D eigenvalue weighted by molar-refractivity contribution is 5.99. The van der Waals surface area contributed by atoms with Crippen LogP contribution in [0, 0.1) is 0 Å². The smallest absolute Gasteiger partial charge is 0.253 e. The first-order chi connectivity index (χ1) is 12.7. The summed E-state index contributed by atoms with van der Waals surface area (Å²) in [5.74, 6) is 0.211. The highest BCUT2D eigenvalue weighted by Gasteiger charge is 2.12. The number of carbonyl (C=O) groups excluding carboxylic acids is 2. The highest BCUT2D eigenvalue weighted by Crippen LogP contribution is 2.16. The van der Waals surface area contributed by atoms with Gasteiger partial charge in [0.25, 0.3) is 11.8 Å². The van der Waals surface area contributed by atoms with Gasteiger partial charge < -0.3 is 15.4 Å². The van der Waals surface area contributed by atoms with Crippen LogP contribution in [0.4, 0.5) is 0 Å². The minimum Gasteiger partial charge on any atom is -0.496 e. The predicted molar refractivity (Wildman–Crippen MR) is 100 cm³/mol. The standard InChI is InChI=1S/C20H25N3O3/c1-3-4-7-10-22-19(24)16-11-17(13-21-12-16)20(25)23-14-15-8-5-6-9-18(15)26-2/h5-6,8-9,11-13H,3-4,7,10,14H2,1-2H3,(H,22,24)(H,23,25). The van der Waals surface area contributed by atoms with E-state index in [1.54, 1.807) is 13.2 Å². The number of carbonyl (C=O) groups is 2. The SMILES string of the molecule is CCCCCNC(=O)c1cncc(C(=O)NCc2ccccc2OC)c1. The van der Waals surface area contributed by atoms with Crippen LogP contribution in [-0.2, 0) is 6.54 Å². The molecule has 0 radical (unpaired) electrons. The molecule has 1 aromatic heterocycles. The molecule has 0 saturated carbocycles. The molecule has 0 aliphatic carbocycles. The minimum absolute atomic E-state index is 0.215. The summed E-state index contributed by atoms with van der Waals surface area (Å²) in [6.07, 6.45) is 6.02. The molecule has 0 aliphatic rings. The number of ether oxygens (including phenoxy) is 1. The maximum absolute atomic E-state index is 12.4. The topological polar surface area (TPSA) is 80.3 Å². The average Bonchev–Trinajstić information content (AvgIpc) is 2.69. The van der Waals surface area contributed by atoms with E-state index in [1.807, 2.05) is 24.3 Å². The summed E-state index contributed by atoms with van der Waals surface area (Å²) in [5.41, 5.74) is 1.61. The number of nitrogens with one attached hydrogen (secondary N) is 2. The zero-order valence-electron chi connectivity index (χ0n) is 15.2. The second kappa shape index (κ2) is 10.2. The maximum atomic E-state index is 12.4. The van der Waals surface area contributed by atoms with Gasteiger partial charge in [-0.1, -0.05) is 38.0 Å². The van der Waals surface area contributed by atoms with E-state index in [0.29, 0.717) is 30.0 Å². The van der Waals surface area contributed by atoms with Gasteiger partial charge in [0.05, 0.1) is 18.2 Å².